The molecule has 0 atom stereocenters. The second kappa shape index (κ2) is 7.81. The van der Waals surface area contributed by atoms with Crippen LogP contribution in [0.5, 0.6) is 0 Å². The zero-order chi connectivity index (χ0) is 21.4. The average Bonchev–Trinajstić information content (AvgIpc) is 3.22. The van der Waals surface area contributed by atoms with Gasteiger partial charge in [0.25, 0.3) is 5.91 Å². The van der Waals surface area contributed by atoms with Gasteiger partial charge >= 0.3 is 0 Å². The number of hydrogen-bond donors (Lipinski definition) is 3. The summed E-state index contributed by atoms with van der Waals surface area (Å²) in [4.78, 5) is 31.5. The Kier molecular flexibility index (Phi) is 4.83. The molecule has 1 aliphatic rings. The van der Waals surface area contributed by atoms with Crippen molar-refractivity contribution in [2.45, 2.75) is 6.92 Å². The topological polar surface area (TPSA) is 113 Å². The third-order valence-electron chi connectivity index (χ3n) is 5.49. The molecule has 0 spiro atoms. The van der Waals surface area contributed by atoms with Crippen LogP contribution in [-0.4, -0.2) is 56.9 Å². The predicted octanol–water partition coefficient (Wildman–Crippen LogP) is 3.11. The molecule has 2 aromatic heterocycles. The minimum absolute atomic E-state index is 0. The smallest absolute Gasteiger partial charge is 0.253 e. The normalized spacial score (nSPS) is 14.2. The van der Waals surface area contributed by atoms with E-state index >= 15 is 0 Å². The lowest BCUT2D eigenvalue weighted by Gasteiger charge is -2.27. The Hall–Kier alpha value is -3.78. The van der Waals surface area contributed by atoms with Crippen molar-refractivity contribution in [3.63, 3.8) is 0 Å². The van der Waals surface area contributed by atoms with Crippen LogP contribution in [0.2, 0.25) is 0 Å². The fraction of sp³-hybridized carbons (Fsp3) is 0.217. The number of H-pyrrole nitrogens is 1. The van der Waals surface area contributed by atoms with Crippen LogP contribution < -0.4 is 11.1 Å². The molecule has 1 aliphatic heterocycles. The largest absolute Gasteiger partial charge is 0.382 e. The van der Waals surface area contributed by atoms with E-state index in [1.165, 1.54) is 0 Å². The number of nitrogens with zero attached hydrogens (tertiary/aromatic N) is 4. The van der Waals surface area contributed by atoms with Gasteiger partial charge in [-0.25, -0.2) is 15.0 Å². The number of imidazole rings is 1. The molecule has 3 heterocycles. The fourth-order valence-corrected chi connectivity index (χ4v) is 3.78. The predicted molar refractivity (Wildman–Crippen MR) is 125 cm³/mol. The molecule has 5 rings (SSSR count). The number of rotatable bonds is 3. The van der Waals surface area contributed by atoms with Crippen LogP contribution in [0.3, 0.4) is 0 Å². The molecule has 0 saturated carbocycles. The number of benzene rings is 2. The highest BCUT2D eigenvalue weighted by molar-refractivity contribution is 5.94. The number of aromatic nitrogens is 4. The third kappa shape index (κ3) is 3.73. The van der Waals surface area contributed by atoms with Crippen molar-refractivity contribution in [3.05, 3.63) is 59.8 Å². The van der Waals surface area contributed by atoms with Crippen molar-refractivity contribution in [3.8, 4) is 22.8 Å². The number of aromatic amines is 1. The second-order valence-electron chi connectivity index (χ2n) is 7.71. The van der Waals surface area contributed by atoms with Gasteiger partial charge in [0.2, 0.25) is 0 Å². The lowest BCUT2D eigenvalue weighted by Crippen LogP contribution is -2.46. The standard InChI is InChI=1S/C23H23N7O.2H2/c1-14-2-7-17-18(12-14)29-22(28-17)20-21(24)26-13-19(27-20)15-3-5-16(6-4-15)23(31)30-10-8-25-9-11-30;;/h2-7,12-13,25H,8-11H2,1H3,(H2,24,26)(H,28,29);2*1H. The summed E-state index contributed by atoms with van der Waals surface area (Å²) in [5.74, 6) is 0.942. The molecule has 0 unspecified atom stereocenters. The van der Waals surface area contributed by atoms with Gasteiger partial charge in [-0.3, -0.25) is 4.79 Å². The summed E-state index contributed by atoms with van der Waals surface area (Å²) in [6, 6.07) is 13.5. The molecular formula is C23H27N7O. The van der Waals surface area contributed by atoms with Gasteiger partial charge in [-0.15, -0.1) is 0 Å². The first-order valence-corrected chi connectivity index (χ1v) is 10.3. The van der Waals surface area contributed by atoms with Gasteiger partial charge in [-0.2, -0.15) is 0 Å². The van der Waals surface area contributed by atoms with Crippen LogP contribution in [0.4, 0.5) is 5.82 Å². The Bertz CT molecular complexity index is 1270. The van der Waals surface area contributed by atoms with Gasteiger partial charge in [0, 0.05) is 40.2 Å². The number of carbonyl (C=O) groups excluding carboxylic acids is 1. The minimum Gasteiger partial charge on any atom is -0.382 e. The highest BCUT2D eigenvalue weighted by Gasteiger charge is 2.18. The summed E-state index contributed by atoms with van der Waals surface area (Å²) in [6.07, 6.45) is 1.64. The zero-order valence-electron chi connectivity index (χ0n) is 17.2. The molecule has 8 nitrogen and oxygen atoms in total. The van der Waals surface area contributed by atoms with E-state index in [9.17, 15) is 4.79 Å². The summed E-state index contributed by atoms with van der Waals surface area (Å²) >= 11 is 0. The van der Waals surface area contributed by atoms with E-state index in [1.54, 1.807) is 6.20 Å². The molecule has 0 bridgehead atoms. The van der Waals surface area contributed by atoms with E-state index in [4.69, 9.17) is 10.7 Å². The number of amides is 1. The lowest BCUT2D eigenvalue weighted by molar-refractivity contribution is 0.0736. The summed E-state index contributed by atoms with van der Waals surface area (Å²) in [5, 5.41) is 3.26. The Balaban J connectivity index is 0.00000153. The zero-order valence-corrected chi connectivity index (χ0v) is 17.2. The fourth-order valence-electron chi connectivity index (χ4n) is 3.78. The lowest BCUT2D eigenvalue weighted by atomic mass is 10.1. The van der Waals surface area contributed by atoms with E-state index in [2.05, 4.69) is 20.3 Å². The first-order chi connectivity index (χ1) is 15.1. The van der Waals surface area contributed by atoms with Crippen molar-refractivity contribution >= 4 is 22.8 Å². The number of carbonyl (C=O) groups is 1. The number of piperazine rings is 1. The monoisotopic (exact) mass is 417 g/mol. The minimum atomic E-state index is 0. The average molecular weight is 418 g/mol. The second-order valence-corrected chi connectivity index (χ2v) is 7.71. The molecule has 0 radical (unpaired) electrons. The Morgan fingerprint density at radius 3 is 2.65 bits per heavy atom. The maximum Gasteiger partial charge on any atom is 0.253 e. The van der Waals surface area contributed by atoms with E-state index in [1.807, 2.05) is 54.3 Å². The van der Waals surface area contributed by atoms with Crippen LogP contribution in [0.15, 0.2) is 48.7 Å². The van der Waals surface area contributed by atoms with Gasteiger partial charge in [-0.1, -0.05) is 18.2 Å². The third-order valence-corrected chi connectivity index (χ3v) is 5.49. The first kappa shape index (κ1) is 19.2. The van der Waals surface area contributed by atoms with Crippen LogP contribution >= 0.6 is 0 Å². The van der Waals surface area contributed by atoms with Gasteiger partial charge in [0.15, 0.2) is 11.6 Å². The van der Waals surface area contributed by atoms with E-state index in [-0.39, 0.29) is 8.76 Å². The highest BCUT2D eigenvalue weighted by atomic mass is 16.2. The van der Waals surface area contributed by atoms with Gasteiger partial charge < -0.3 is 20.9 Å². The van der Waals surface area contributed by atoms with Crippen LogP contribution in [0, 0.1) is 6.92 Å². The summed E-state index contributed by atoms with van der Waals surface area (Å²) in [5.41, 5.74) is 11.7. The number of fused-ring (bicyclic) bond motifs is 1. The van der Waals surface area contributed by atoms with Gasteiger partial charge in [-0.05, 0) is 36.8 Å². The first-order valence-electron chi connectivity index (χ1n) is 10.3. The molecule has 4 aromatic rings. The Morgan fingerprint density at radius 2 is 1.87 bits per heavy atom. The van der Waals surface area contributed by atoms with Gasteiger partial charge in [0.05, 0.1) is 22.9 Å². The molecule has 1 fully saturated rings. The molecule has 4 N–H and O–H groups in total. The summed E-state index contributed by atoms with van der Waals surface area (Å²) in [6.45, 7) is 5.14. The van der Waals surface area contributed by atoms with Crippen molar-refractivity contribution < 1.29 is 7.65 Å². The highest BCUT2D eigenvalue weighted by Crippen LogP contribution is 2.26. The van der Waals surface area contributed by atoms with Crippen molar-refractivity contribution in [1.82, 2.24) is 30.2 Å². The Labute approximate surface area is 182 Å². The molecule has 0 aliphatic carbocycles. The molecule has 160 valence electrons. The number of aryl methyl sites for hydroxylation is 1. The number of hydrogen-bond acceptors (Lipinski definition) is 6. The molecule has 1 amide bonds. The maximum atomic E-state index is 12.7. The number of anilines is 1. The summed E-state index contributed by atoms with van der Waals surface area (Å²) in [7, 11) is 0. The number of nitrogens with one attached hydrogen (secondary N) is 2. The maximum absolute atomic E-state index is 12.7. The molecular weight excluding hydrogens is 390 g/mol. The van der Waals surface area contributed by atoms with Crippen molar-refractivity contribution in [2.75, 3.05) is 31.9 Å². The SMILES string of the molecule is Cc1ccc2nc(-c3nc(-c4ccc(C(=O)N5CCNCC5)cc4)cnc3N)[nH]c2c1.[HH].[HH]. The van der Waals surface area contributed by atoms with Gasteiger partial charge in [0.1, 0.15) is 5.69 Å². The quantitative estimate of drug-likeness (QED) is 0.472. The van der Waals surface area contributed by atoms with Crippen molar-refractivity contribution in [1.29, 1.82) is 0 Å². The van der Waals surface area contributed by atoms with E-state index < -0.39 is 0 Å². The molecule has 31 heavy (non-hydrogen) atoms. The van der Waals surface area contributed by atoms with Crippen molar-refractivity contribution in [2.24, 2.45) is 0 Å². The van der Waals surface area contributed by atoms with Crippen LogP contribution in [0.1, 0.15) is 18.8 Å². The molecule has 2 aromatic carbocycles. The Morgan fingerprint density at radius 1 is 1.10 bits per heavy atom. The van der Waals surface area contributed by atoms with E-state index in [0.717, 1.165) is 48.3 Å². The number of nitrogens with two attached hydrogens (primary N) is 1. The molecule has 8 heteroatoms. The van der Waals surface area contributed by atoms with Crippen LogP contribution in [0.25, 0.3) is 33.8 Å². The summed E-state index contributed by atoms with van der Waals surface area (Å²) < 4.78 is 0. The molecule has 1 saturated heterocycles. The van der Waals surface area contributed by atoms with Crippen LogP contribution in [-0.2, 0) is 0 Å². The van der Waals surface area contributed by atoms with E-state index in [0.29, 0.717) is 28.6 Å². The number of nitrogen functional groups attached to an aromatic ring is 1.